The first-order chi connectivity index (χ1) is 7.06. The molecule has 1 aliphatic rings. The van der Waals surface area contributed by atoms with Gasteiger partial charge in [-0.15, -0.1) is 0 Å². The minimum Gasteiger partial charge on any atom is -0.478 e. The molecule has 0 radical (unpaired) electrons. The maximum absolute atomic E-state index is 9.54. The zero-order valence-electron chi connectivity index (χ0n) is 8.46. The number of hydrogen-bond acceptors (Lipinski definition) is 3. The number of aliphatic hydroxyl groups excluding tert-OH is 1. The van der Waals surface area contributed by atoms with Gasteiger partial charge < -0.3 is 9.84 Å². The van der Waals surface area contributed by atoms with Gasteiger partial charge in [0.05, 0.1) is 11.1 Å². The summed E-state index contributed by atoms with van der Waals surface area (Å²) in [7, 11) is 0. The Bertz CT molecular complexity index is 377. The molecule has 0 amide bonds. The van der Waals surface area contributed by atoms with Gasteiger partial charge in [0.2, 0.25) is 0 Å². The van der Waals surface area contributed by atoms with Gasteiger partial charge in [-0.3, -0.25) is 0 Å². The summed E-state index contributed by atoms with van der Waals surface area (Å²) in [6.45, 7) is 5.58. The second kappa shape index (κ2) is 5.01. The van der Waals surface area contributed by atoms with Crippen LogP contribution in [0.1, 0.15) is 13.3 Å². The monoisotopic (exact) mass is 225 g/mol. The third-order valence-corrected chi connectivity index (χ3v) is 2.45. The van der Waals surface area contributed by atoms with E-state index in [4.69, 9.17) is 21.6 Å². The van der Waals surface area contributed by atoms with E-state index in [0.29, 0.717) is 17.2 Å². The molecule has 1 rings (SSSR count). The van der Waals surface area contributed by atoms with E-state index in [1.807, 2.05) is 13.0 Å². The van der Waals surface area contributed by atoms with Crippen LogP contribution in [0.25, 0.3) is 0 Å². The third-order valence-electron chi connectivity index (χ3n) is 2.09. The molecule has 3 nitrogen and oxygen atoms in total. The van der Waals surface area contributed by atoms with Gasteiger partial charge in [-0.2, -0.15) is 5.26 Å². The standard InChI is InChI=1S/C11H12ClNO2/c1-7(2)8-5-10(14)9(12)6-11(8)15-4-3-13/h6,10,14H,1,4-5H2,2H3. The average Bonchev–Trinajstić information content (AvgIpc) is 2.19. The number of nitrogens with zero attached hydrogens (tertiary/aromatic N) is 1. The van der Waals surface area contributed by atoms with Crippen molar-refractivity contribution in [2.75, 3.05) is 6.61 Å². The summed E-state index contributed by atoms with van der Waals surface area (Å²) in [4.78, 5) is 0. The highest BCUT2D eigenvalue weighted by Crippen LogP contribution is 2.30. The summed E-state index contributed by atoms with van der Waals surface area (Å²) < 4.78 is 5.21. The highest BCUT2D eigenvalue weighted by atomic mass is 35.5. The first-order valence-electron chi connectivity index (χ1n) is 4.50. The van der Waals surface area contributed by atoms with Crippen LogP contribution >= 0.6 is 11.6 Å². The van der Waals surface area contributed by atoms with Gasteiger partial charge in [0.15, 0.2) is 6.61 Å². The van der Waals surface area contributed by atoms with E-state index < -0.39 is 6.10 Å². The summed E-state index contributed by atoms with van der Waals surface area (Å²) in [6.07, 6.45) is 1.22. The second-order valence-corrected chi connectivity index (χ2v) is 3.76. The smallest absolute Gasteiger partial charge is 0.174 e. The van der Waals surface area contributed by atoms with Gasteiger partial charge >= 0.3 is 0 Å². The third kappa shape index (κ3) is 2.85. The van der Waals surface area contributed by atoms with Gasteiger partial charge in [-0.25, -0.2) is 0 Å². The van der Waals surface area contributed by atoms with Crippen molar-refractivity contribution >= 4 is 11.6 Å². The Hall–Kier alpha value is -1.24. The van der Waals surface area contributed by atoms with Gasteiger partial charge in [0.1, 0.15) is 11.8 Å². The molecule has 0 aromatic carbocycles. The van der Waals surface area contributed by atoms with Crippen molar-refractivity contribution in [3.05, 3.63) is 34.6 Å². The Morgan fingerprint density at radius 2 is 2.53 bits per heavy atom. The van der Waals surface area contributed by atoms with Crippen LogP contribution in [0.3, 0.4) is 0 Å². The maximum Gasteiger partial charge on any atom is 0.174 e. The lowest BCUT2D eigenvalue weighted by Crippen LogP contribution is -2.15. The number of aliphatic hydroxyl groups is 1. The zero-order chi connectivity index (χ0) is 11.4. The molecule has 0 fully saturated rings. The molecule has 1 unspecified atom stereocenters. The molecule has 15 heavy (non-hydrogen) atoms. The fraction of sp³-hybridized carbons (Fsp3) is 0.364. The fourth-order valence-electron chi connectivity index (χ4n) is 1.32. The molecule has 0 aromatic heterocycles. The van der Waals surface area contributed by atoms with Crippen molar-refractivity contribution in [2.24, 2.45) is 0 Å². The van der Waals surface area contributed by atoms with E-state index in [9.17, 15) is 5.11 Å². The van der Waals surface area contributed by atoms with Crippen molar-refractivity contribution in [2.45, 2.75) is 19.4 Å². The summed E-state index contributed by atoms with van der Waals surface area (Å²) in [6, 6.07) is 1.88. The summed E-state index contributed by atoms with van der Waals surface area (Å²) >= 11 is 5.80. The minimum absolute atomic E-state index is 0.0388. The van der Waals surface area contributed by atoms with Crippen LogP contribution in [-0.4, -0.2) is 17.8 Å². The van der Waals surface area contributed by atoms with Crippen molar-refractivity contribution in [1.29, 1.82) is 5.26 Å². The van der Waals surface area contributed by atoms with E-state index in [-0.39, 0.29) is 6.61 Å². The number of nitriles is 1. The maximum atomic E-state index is 9.54. The average molecular weight is 226 g/mol. The Labute approximate surface area is 93.9 Å². The van der Waals surface area contributed by atoms with E-state index in [1.165, 1.54) is 6.08 Å². The molecule has 1 aliphatic carbocycles. The summed E-state index contributed by atoms with van der Waals surface area (Å²) in [5.74, 6) is 0.527. The Kier molecular flexibility index (Phi) is 3.96. The quantitative estimate of drug-likeness (QED) is 0.802. The van der Waals surface area contributed by atoms with E-state index in [2.05, 4.69) is 6.58 Å². The Balaban J connectivity index is 2.98. The normalized spacial score (nSPS) is 20.7. The molecular formula is C11H12ClNO2. The van der Waals surface area contributed by atoms with Crippen LogP contribution in [0.15, 0.2) is 34.6 Å². The van der Waals surface area contributed by atoms with Crippen LogP contribution in [-0.2, 0) is 4.74 Å². The van der Waals surface area contributed by atoms with Gasteiger partial charge in [-0.05, 0) is 18.6 Å². The molecule has 0 bridgehead atoms. The van der Waals surface area contributed by atoms with Gasteiger partial charge in [0, 0.05) is 6.42 Å². The molecule has 4 heteroatoms. The van der Waals surface area contributed by atoms with Gasteiger partial charge in [-0.1, -0.05) is 23.8 Å². The highest BCUT2D eigenvalue weighted by Gasteiger charge is 2.21. The number of halogens is 1. The molecule has 0 aromatic rings. The lowest BCUT2D eigenvalue weighted by atomic mass is 9.96. The Morgan fingerprint density at radius 1 is 1.87 bits per heavy atom. The number of hydrogen-bond donors (Lipinski definition) is 1. The van der Waals surface area contributed by atoms with Crippen LogP contribution < -0.4 is 0 Å². The fourth-order valence-corrected chi connectivity index (χ4v) is 1.50. The second-order valence-electron chi connectivity index (χ2n) is 3.32. The Morgan fingerprint density at radius 3 is 3.07 bits per heavy atom. The highest BCUT2D eigenvalue weighted by molar-refractivity contribution is 6.30. The predicted molar refractivity (Wildman–Crippen MR) is 58.0 cm³/mol. The van der Waals surface area contributed by atoms with Crippen molar-refractivity contribution in [3.8, 4) is 6.07 Å². The molecule has 0 saturated carbocycles. The molecule has 0 saturated heterocycles. The molecule has 1 atom stereocenters. The van der Waals surface area contributed by atoms with Crippen molar-refractivity contribution in [3.63, 3.8) is 0 Å². The SMILES string of the molecule is C=C(C)C1=C(OCC#N)C=C(Cl)C(O)C1. The summed E-state index contributed by atoms with van der Waals surface area (Å²) in [5, 5.41) is 18.3. The first kappa shape index (κ1) is 11.8. The molecule has 0 heterocycles. The van der Waals surface area contributed by atoms with E-state index >= 15 is 0 Å². The lowest BCUT2D eigenvalue weighted by molar-refractivity contribution is 0.203. The molecule has 80 valence electrons. The molecule has 1 N–H and O–H groups in total. The van der Waals surface area contributed by atoms with Crippen LogP contribution in [0.4, 0.5) is 0 Å². The lowest BCUT2D eigenvalue weighted by Gasteiger charge is -2.21. The molecular weight excluding hydrogens is 214 g/mol. The minimum atomic E-state index is -0.701. The zero-order valence-corrected chi connectivity index (χ0v) is 9.21. The predicted octanol–water partition coefficient (Wildman–Crippen LogP) is 2.24. The van der Waals surface area contributed by atoms with E-state index in [0.717, 1.165) is 11.1 Å². The van der Waals surface area contributed by atoms with Crippen molar-refractivity contribution in [1.82, 2.24) is 0 Å². The topological polar surface area (TPSA) is 53.2 Å². The first-order valence-corrected chi connectivity index (χ1v) is 4.88. The van der Waals surface area contributed by atoms with Gasteiger partial charge in [0.25, 0.3) is 0 Å². The van der Waals surface area contributed by atoms with Crippen LogP contribution in [0.2, 0.25) is 0 Å². The number of allylic oxidation sites excluding steroid dienone is 2. The largest absolute Gasteiger partial charge is 0.478 e. The van der Waals surface area contributed by atoms with Crippen molar-refractivity contribution < 1.29 is 9.84 Å². The summed E-state index contributed by atoms with van der Waals surface area (Å²) in [5.41, 5.74) is 1.62. The van der Waals surface area contributed by atoms with Crippen LogP contribution in [0.5, 0.6) is 0 Å². The number of ether oxygens (including phenoxy) is 1. The molecule has 0 spiro atoms. The molecule has 0 aliphatic heterocycles. The number of rotatable bonds is 3. The van der Waals surface area contributed by atoms with Crippen LogP contribution in [0, 0.1) is 11.3 Å². The van der Waals surface area contributed by atoms with E-state index in [1.54, 1.807) is 0 Å².